The summed E-state index contributed by atoms with van der Waals surface area (Å²) in [7, 11) is 2.10. The average Bonchev–Trinajstić information content (AvgIpc) is 3.39. The number of amides is 2. The molecular weight excluding hydrogens is 599 g/mol. The van der Waals surface area contributed by atoms with Gasteiger partial charge in [-0.3, -0.25) is 9.59 Å². The second-order valence-electron chi connectivity index (χ2n) is 12.0. The van der Waals surface area contributed by atoms with Gasteiger partial charge in [-0.2, -0.15) is 0 Å². The Morgan fingerprint density at radius 1 is 1.11 bits per heavy atom. The molecule has 0 spiro atoms. The third-order valence-electron chi connectivity index (χ3n) is 8.82. The minimum atomic E-state index is -0.839. The molecule has 238 valence electrons. The topological polar surface area (TPSA) is 116 Å². The molecule has 0 radical (unpaired) electrons. The minimum absolute atomic E-state index is 0.0194. The van der Waals surface area contributed by atoms with Crippen molar-refractivity contribution >= 4 is 35.2 Å². The first-order valence-electron chi connectivity index (χ1n) is 15.4. The summed E-state index contributed by atoms with van der Waals surface area (Å²) in [6.45, 7) is 8.51. The molecule has 13 heteroatoms. The van der Waals surface area contributed by atoms with E-state index in [1.165, 1.54) is 17.2 Å². The lowest BCUT2D eigenvalue weighted by Crippen LogP contribution is -2.46. The predicted octanol–water partition coefficient (Wildman–Crippen LogP) is 3.90. The first-order valence-corrected chi connectivity index (χ1v) is 15.8. The van der Waals surface area contributed by atoms with Gasteiger partial charge < -0.3 is 30.1 Å². The molecule has 3 aromatic rings. The number of pyridine rings is 1. The first-order chi connectivity index (χ1) is 21.7. The number of fused-ring (bicyclic) bond motifs is 1. The van der Waals surface area contributed by atoms with E-state index >= 15 is 4.39 Å². The molecule has 5 heterocycles. The van der Waals surface area contributed by atoms with Crippen LogP contribution in [0, 0.1) is 5.82 Å². The zero-order valence-corrected chi connectivity index (χ0v) is 26.5. The number of ether oxygens (including phenoxy) is 1. The van der Waals surface area contributed by atoms with Crippen molar-refractivity contribution in [3.05, 3.63) is 64.2 Å². The maximum absolute atomic E-state index is 15.5. The predicted molar refractivity (Wildman–Crippen MR) is 170 cm³/mol. The number of rotatable bonds is 8. The third-order valence-corrected chi connectivity index (χ3v) is 9.10. The zero-order valence-electron chi connectivity index (χ0n) is 25.7. The van der Waals surface area contributed by atoms with Gasteiger partial charge in [0.05, 0.1) is 35.2 Å². The number of anilines is 2. The van der Waals surface area contributed by atoms with Crippen molar-refractivity contribution in [2.45, 2.75) is 51.4 Å². The smallest absolute Gasteiger partial charge is 0.255 e. The summed E-state index contributed by atoms with van der Waals surface area (Å²) >= 11 is 6.44. The van der Waals surface area contributed by atoms with Crippen molar-refractivity contribution < 1.29 is 18.7 Å². The molecule has 0 saturated carbocycles. The number of piperazine rings is 1. The highest BCUT2D eigenvalue weighted by atomic mass is 35.5. The van der Waals surface area contributed by atoms with Gasteiger partial charge in [0.1, 0.15) is 17.7 Å². The fourth-order valence-electron chi connectivity index (χ4n) is 5.94. The second-order valence-corrected chi connectivity index (χ2v) is 12.4. The minimum Gasteiger partial charge on any atom is -0.381 e. The normalized spacial score (nSPS) is 18.9. The Balaban J connectivity index is 1.14. The van der Waals surface area contributed by atoms with Gasteiger partial charge in [0.2, 0.25) is 11.9 Å². The molecular formula is C32H38ClFN8O3. The highest BCUT2D eigenvalue weighted by molar-refractivity contribution is 6.33. The van der Waals surface area contributed by atoms with Crippen molar-refractivity contribution in [3.63, 3.8) is 0 Å². The highest BCUT2D eigenvalue weighted by Crippen LogP contribution is 2.34. The van der Waals surface area contributed by atoms with Crippen molar-refractivity contribution in [1.82, 2.24) is 30.1 Å². The van der Waals surface area contributed by atoms with Crippen molar-refractivity contribution in [2.24, 2.45) is 0 Å². The molecule has 2 fully saturated rings. The molecule has 2 N–H and O–H groups in total. The van der Waals surface area contributed by atoms with Gasteiger partial charge >= 0.3 is 0 Å². The lowest BCUT2D eigenvalue weighted by molar-refractivity contribution is -0.125. The van der Waals surface area contributed by atoms with Crippen LogP contribution >= 0.6 is 11.6 Å². The number of aromatic nitrogens is 3. The van der Waals surface area contributed by atoms with Gasteiger partial charge in [-0.1, -0.05) is 17.7 Å². The van der Waals surface area contributed by atoms with Crippen LogP contribution in [0.15, 0.2) is 36.5 Å². The van der Waals surface area contributed by atoms with Crippen LogP contribution in [0.4, 0.5) is 16.2 Å². The first kappa shape index (κ1) is 31.1. The van der Waals surface area contributed by atoms with Crippen molar-refractivity contribution in [1.29, 1.82) is 0 Å². The molecule has 6 rings (SSSR count). The van der Waals surface area contributed by atoms with Crippen LogP contribution < -0.4 is 15.5 Å². The Morgan fingerprint density at radius 2 is 1.87 bits per heavy atom. The number of hydrogen-bond donors (Lipinski definition) is 2. The second kappa shape index (κ2) is 13.2. The van der Waals surface area contributed by atoms with Gasteiger partial charge in [-0.15, -0.1) is 0 Å². The molecule has 2 saturated heterocycles. The van der Waals surface area contributed by atoms with Crippen molar-refractivity contribution in [3.8, 4) is 11.3 Å². The Kier molecular flexibility index (Phi) is 9.16. The van der Waals surface area contributed by atoms with Crippen LogP contribution in [0.25, 0.3) is 11.3 Å². The Morgan fingerprint density at radius 3 is 2.62 bits per heavy atom. The summed E-state index contributed by atoms with van der Waals surface area (Å²) in [6, 6.07) is 7.65. The molecule has 2 amide bonds. The molecule has 0 bridgehead atoms. The number of carbonyl (C=O) groups is 2. The van der Waals surface area contributed by atoms with E-state index in [9.17, 15) is 9.59 Å². The number of benzene rings is 1. The maximum atomic E-state index is 15.5. The molecule has 0 unspecified atom stereocenters. The van der Waals surface area contributed by atoms with E-state index in [4.69, 9.17) is 21.3 Å². The maximum Gasteiger partial charge on any atom is 0.255 e. The van der Waals surface area contributed by atoms with E-state index in [2.05, 4.69) is 37.4 Å². The van der Waals surface area contributed by atoms with Gasteiger partial charge in [0.25, 0.3) is 5.91 Å². The van der Waals surface area contributed by atoms with Gasteiger partial charge in [-0.25, -0.2) is 19.3 Å². The van der Waals surface area contributed by atoms with Crippen LogP contribution in [-0.4, -0.2) is 95.1 Å². The molecule has 0 aliphatic carbocycles. The number of likely N-dealkylation sites (N-methyl/N-ethyl adjacent to an activating group) is 1. The monoisotopic (exact) mass is 636 g/mol. The SMILES string of the molecule is C[C@H](C(=O)N[C@H](C)c1cccc(N2CCN(C)CC2)n1)N1Cc2c(F)cc(-c3nc(NC4CCOCC4)ncc3Cl)cc2C1=O. The number of hydrogen-bond acceptors (Lipinski definition) is 9. The summed E-state index contributed by atoms with van der Waals surface area (Å²) in [5, 5.41) is 6.52. The highest BCUT2D eigenvalue weighted by Gasteiger charge is 2.37. The lowest BCUT2D eigenvalue weighted by Gasteiger charge is -2.33. The largest absolute Gasteiger partial charge is 0.381 e. The van der Waals surface area contributed by atoms with E-state index in [0.29, 0.717) is 30.4 Å². The number of carbonyl (C=O) groups excluding carboxylic acids is 2. The summed E-state index contributed by atoms with van der Waals surface area (Å²) < 4.78 is 20.9. The van der Waals surface area contributed by atoms with Gasteiger partial charge in [0, 0.05) is 62.1 Å². The fourth-order valence-corrected chi connectivity index (χ4v) is 6.14. The lowest BCUT2D eigenvalue weighted by atomic mass is 10.0. The quantitative estimate of drug-likeness (QED) is 0.380. The van der Waals surface area contributed by atoms with Gasteiger partial charge in [0.15, 0.2) is 0 Å². The standard InChI is InChI=1S/C32H38ClFN8O3/c1-19(27-5-4-6-28(38-27)41-11-9-40(3)10-12-41)36-30(43)20(2)42-18-24-23(31(42)44)15-21(16-26(24)34)29-25(33)17-35-32(39-29)37-22-7-13-45-14-8-22/h4-6,15-17,19-20,22H,7-14,18H2,1-3H3,(H,36,43)(H,35,37,39)/t19-,20-/m1/s1. The number of nitrogens with zero attached hydrogens (tertiary/aromatic N) is 6. The summed E-state index contributed by atoms with van der Waals surface area (Å²) in [5.74, 6) is -0.0850. The molecule has 3 aliphatic rings. The molecule has 45 heavy (non-hydrogen) atoms. The third kappa shape index (κ3) is 6.73. The van der Waals surface area contributed by atoms with Gasteiger partial charge in [-0.05, 0) is 58.0 Å². The van der Waals surface area contributed by atoms with Crippen LogP contribution in [0.3, 0.4) is 0 Å². The summed E-state index contributed by atoms with van der Waals surface area (Å²) in [6.07, 6.45) is 3.11. The Labute approximate surface area is 267 Å². The van der Waals surface area contributed by atoms with Crippen LogP contribution in [0.1, 0.15) is 54.3 Å². The van der Waals surface area contributed by atoms with E-state index < -0.39 is 17.8 Å². The zero-order chi connectivity index (χ0) is 31.7. The van der Waals surface area contributed by atoms with E-state index in [0.717, 1.165) is 50.5 Å². The fraction of sp³-hybridized carbons (Fsp3) is 0.469. The van der Waals surface area contributed by atoms with E-state index in [1.807, 2.05) is 25.1 Å². The Hall–Kier alpha value is -3.87. The number of nitrogens with one attached hydrogen (secondary N) is 2. The molecule has 1 aromatic carbocycles. The Bertz CT molecular complexity index is 1580. The molecule has 11 nitrogen and oxygen atoms in total. The van der Waals surface area contributed by atoms with Crippen LogP contribution in [0.5, 0.6) is 0 Å². The molecule has 2 aromatic heterocycles. The van der Waals surface area contributed by atoms with E-state index in [1.54, 1.807) is 13.0 Å². The average molecular weight is 637 g/mol. The molecule has 3 aliphatic heterocycles. The number of halogens is 2. The molecule has 2 atom stereocenters. The van der Waals surface area contributed by atoms with Crippen molar-refractivity contribution in [2.75, 3.05) is 56.7 Å². The summed E-state index contributed by atoms with van der Waals surface area (Å²) in [5.41, 5.74) is 1.84. The summed E-state index contributed by atoms with van der Waals surface area (Å²) in [4.78, 5) is 46.5. The van der Waals surface area contributed by atoms with E-state index in [-0.39, 0.29) is 40.7 Å². The van der Waals surface area contributed by atoms with Crippen LogP contribution in [0.2, 0.25) is 5.02 Å². The van der Waals surface area contributed by atoms with Crippen LogP contribution in [-0.2, 0) is 16.1 Å².